The second-order valence-corrected chi connectivity index (χ2v) is 10.9. The Hall–Kier alpha value is -1.76. The first-order valence-electron chi connectivity index (χ1n) is 8.15. The first-order chi connectivity index (χ1) is 13.7. The van der Waals surface area contributed by atoms with Crippen LogP contribution in [0.1, 0.15) is 18.4 Å². The molecule has 0 atom stereocenters. The molecule has 30 heavy (non-hydrogen) atoms. The molecule has 2 aromatic carbocycles. The second kappa shape index (κ2) is 7.43. The van der Waals surface area contributed by atoms with Gasteiger partial charge >= 0.3 is 15.6 Å². The van der Waals surface area contributed by atoms with E-state index in [0.29, 0.717) is 12.1 Å². The molecule has 13 heteroatoms. The Morgan fingerprint density at radius 1 is 0.967 bits per heavy atom. The molecule has 2 aromatic rings. The van der Waals surface area contributed by atoms with E-state index in [1.807, 2.05) is 0 Å². The quantitative estimate of drug-likeness (QED) is 0.354. The molecule has 0 unspecified atom stereocenters. The number of hydrogen-bond donors (Lipinski definition) is 0. The minimum atomic E-state index is -6.00. The molecule has 0 aromatic heterocycles. The Balaban J connectivity index is 2.07. The first-order valence-corrected chi connectivity index (χ1v) is 11.4. The van der Waals surface area contributed by atoms with E-state index < -0.39 is 66.4 Å². The van der Waals surface area contributed by atoms with Gasteiger partial charge in [0.1, 0.15) is 16.4 Å². The van der Waals surface area contributed by atoms with Crippen LogP contribution in [0.3, 0.4) is 0 Å². The zero-order chi connectivity index (χ0) is 22.5. The van der Waals surface area contributed by atoms with Crippen LogP contribution in [0.5, 0.6) is 0 Å². The third-order valence-corrected chi connectivity index (χ3v) is 8.54. The van der Waals surface area contributed by atoms with Gasteiger partial charge in [-0.3, -0.25) is 4.18 Å². The van der Waals surface area contributed by atoms with Crippen LogP contribution in [0, 0.1) is 11.6 Å². The van der Waals surface area contributed by atoms with Gasteiger partial charge in [-0.05, 0) is 55.3 Å². The third-order valence-electron chi connectivity index (χ3n) is 4.72. The highest BCUT2D eigenvalue weighted by Gasteiger charge is 2.60. The van der Waals surface area contributed by atoms with Gasteiger partial charge in [0.2, 0.25) is 0 Å². The summed E-state index contributed by atoms with van der Waals surface area (Å²) in [4.78, 5) is -0.354. The van der Waals surface area contributed by atoms with Crippen LogP contribution in [0.15, 0.2) is 47.4 Å². The summed E-state index contributed by atoms with van der Waals surface area (Å²) in [6.45, 7) is 0. The Labute approximate surface area is 173 Å². The van der Waals surface area contributed by atoms with Crippen molar-refractivity contribution in [2.45, 2.75) is 34.1 Å². The summed E-state index contributed by atoms with van der Waals surface area (Å²) in [5.74, 6) is -2.10. The molecule has 1 aliphatic carbocycles. The molecule has 0 bridgehead atoms. The van der Waals surface area contributed by atoms with Crippen LogP contribution in [-0.4, -0.2) is 28.4 Å². The molecule has 1 saturated carbocycles. The van der Waals surface area contributed by atoms with E-state index in [2.05, 4.69) is 4.18 Å². The van der Waals surface area contributed by atoms with Crippen molar-refractivity contribution in [1.82, 2.24) is 0 Å². The van der Waals surface area contributed by atoms with Gasteiger partial charge in [0.15, 0.2) is 9.84 Å². The van der Waals surface area contributed by atoms with Gasteiger partial charge in [0.25, 0.3) is 0 Å². The molecule has 3 rings (SSSR count). The average Bonchev–Trinajstić information content (AvgIpc) is 2.59. The minimum Gasteiger partial charge on any atom is -0.260 e. The van der Waals surface area contributed by atoms with Gasteiger partial charge in [-0.25, -0.2) is 17.2 Å². The predicted octanol–water partition coefficient (Wildman–Crippen LogP) is 4.32. The highest BCUT2D eigenvalue weighted by molar-refractivity contribution is 7.92. The van der Waals surface area contributed by atoms with Gasteiger partial charge in [0, 0.05) is 10.6 Å². The Morgan fingerprint density at radius 3 is 2.07 bits per heavy atom. The van der Waals surface area contributed by atoms with Gasteiger partial charge in [0.05, 0.1) is 11.0 Å². The highest BCUT2D eigenvalue weighted by atomic mass is 35.5. The SMILES string of the molecule is O=S(=O)(O[C@H]1C[C@@](c2cc(F)ccc2F)(S(=O)(=O)c2ccc(Cl)cc2)C1)C(F)(F)F. The van der Waals surface area contributed by atoms with Crippen LogP contribution in [0.2, 0.25) is 5.02 Å². The van der Waals surface area contributed by atoms with E-state index in [1.165, 1.54) is 12.1 Å². The fourth-order valence-corrected chi connectivity index (χ4v) is 6.18. The van der Waals surface area contributed by atoms with E-state index >= 15 is 0 Å². The lowest BCUT2D eigenvalue weighted by Gasteiger charge is -2.46. The van der Waals surface area contributed by atoms with Crippen molar-refractivity contribution >= 4 is 31.6 Å². The number of sulfone groups is 1. The number of hydrogen-bond acceptors (Lipinski definition) is 5. The van der Waals surface area contributed by atoms with Crippen LogP contribution in [-0.2, 0) is 28.9 Å². The zero-order valence-electron chi connectivity index (χ0n) is 14.7. The maximum Gasteiger partial charge on any atom is 0.523 e. The Bertz CT molecular complexity index is 1170. The molecule has 0 radical (unpaired) electrons. The zero-order valence-corrected chi connectivity index (χ0v) is 17.0. The number of alkyl halides is 3. The van der Waals surface area contributed by atoms with Gasteiger partial charge in [-0.1, -0.05) is 11.6 Å². The predicted molar refractivity (Wildman–Crippen MR) is 95.8 cm³/mol. The standard InChI is InChI=1S/C17H12ClF5O5S2/c18-10-1-4-13(5-2-10)29(24,25)16(14-7-11(19)3-6-15(14)20)8-12(9-16)28-30(26,27)17(21,22)23/h1-7,12H,8-9H2/t12-,16+. The summed E-state index contributed by atoms with van der Waals surface area (Å²) in [6, 6.07) is 6.66. The molecule has 1 fully saturated rings. The van der Waals surface area contributed by atoms with Gasteiger partial charge < -0.3 is 0 Å². The molecule has 164 valence electrons. The summed E-state index contributed by atoms with van der Waals surface area (Å²) in [5.41, 5.74) is -6.36. The van der Waals surface area contributed by atoms with E-state index in [9.17, 15) is 38.8 Å². The molecule has 1 aliphatic rings. The molecule has 0 amide bonds. The van der Waals surface area contributed by atoms with Crippen molar-refractivity contribution in [2.24, 2.45) is 0 Å². The number of benzene rings is 2. The maximum absolute atomic E-state index is 14.5. The van der Waals surface area contributed by atoms with Crippen LogP contribution in [0.4, 0.5) is 22.0 Å². The van der Waals surface area contributed by atoms with Gasteiger partial charge in [-0.2, -0.15) is 21.6 Å². The summed E-state index contributed by atoms with van der Waals surface area (Å²) < 4.78 is 117. The summed E-state index contributed by atoms with van der Waals surface area (Å²) in [6.07, 6.45) is -3.39. The lowest BCUT2D eigenvalue weighted by molar-refractivity contribution is -0.0624. The van der Waals surface area contributed by atoms with E-state index in [4.69, 9.17) is 11.6 Å². The lowest BCUT2D eigenvalue weighted by atomic mass is 9.76. The summed E-state index contributed by atoms with van der Waals surface area (Å²) >= 11 is 5.73. The smallest absolute Gasteiger partial charge is 0.260 e. The van der Waals surface area contributed by atoms with Gasteiger partial charge in [-0.15, -0.1) is 0 Å². The third kappa shape index (κ3) is 3.81. The number of rotatable bonds is 5. The van der Waals surface area contributed by atoms with Crippen molar-refractivity contribution in [3.05, 3.63) is 64.7 Å². The Kier molecular flexibility index (Phi) is 5.68. The van der Waals surface area contributed by atoms with Crippen molar-refractivity contribution < 1.29 is 43.0 Å². The topological polar surface area (TPSA) is 77.5 Å². The normalized spacial score (nSPS) is 22.5. The fourth-order valence-electron chi connectivity index (χ4n) is 3.25. The monoisotopic (exact) mass is 490 g/mol. The fraction of sp³-hybridized carbons (Fsp3) is 0.294. The maximum atomic E-state index is 14.5. The van der Waals surface area contributed by atoms with Crippen LogP contribution >= 0.6 is 11.6 Å². The minimum absolute atomic E-state index is 0.186. The molecule has 0 saturated heterocycles. The average molecular weight is 491 g/mol. The first kappa shape index (κ1) is 22.9. The highest BCUT2D eigenvalue weighted by Crippen LogP contribution is 2.53. The largest absolute Gasteiger partial charge is 0.523 e. The summed E-state index contributed by atoms with van der Waals surface area (Å²) in [5, 5.41) is 0.186. The number of halogens is 6. The van der Waals surface area contributed by atoms with Crippen molar-refractivity contribution in [3.63, 3.8) is 0 Å². The molecular formula is C17H12ClF5O5S2. The van der Waals surface area contributed by atoms with E-state index in [0.717, 1.165) is 18.2 Å². The molecule has 0 spiro atoms. The van der Waals surface area contributed by atoms with Crippen molar-refractivity contribution in [1.29, 1.82) is 0 Å². The van der Waals surface area contributed by atoms with E-state index in [-0.39, 0.29) is 9.92 Å². The molecule has 0 aliphatic heterocycles. The van der Waals surface area contributed by atoms with E-state index in [1.54, 1.807) is 0 Å². The molecule has 5 nitrogen and oxygen atoms in total. The van der Waals surface area contributed by atoms with Crippen LogP contribution in [0.25, 0.3) is 0 Å². The lowest BCUT2D eigenvalue weighted by Crippen LogP contribution is -2.53. The molecule has 0 heterocycles. The Morgan fingerprint density at radius 2 is 1.53 bits per heavy atom. The van der Waals surface area contributed by atoms with Crippen molar-refractivity contribution in [2.75, 3.05) is 0 Å². The summed E-state index contributed by atoms with van der Waals surface area (Å²) in [7, 11) is -10.5. The van der Waals surface area contributed by atoms with Crippen molar-refractivity contribution in [3.8, 4) is 0 Å². The molecular weight excluding hydrogens is 479 g/mol. The van der Waals surface area contributed by atoms with Crippen LogP contribution < -0.4 is 0 Å². The second-order valence-electron chi connectivity index (χ2n) is 6.60. The molecule has 0 N–H and O–H groups in total.